The Morgan fingerprint density at radius 3 is 2.69 bits per heavy atom. The van der Waals surface area contributed by atoms with Crippen LogP contribution in [0.5, 0.6) is 0 Å². The topological polar surface area (TPSA) is 21.3 Å². The van der Waals surface area contributed by atoms with Gasteiger partial charge in [0.1, 0.15) is 0 Å². The molecule has 0 atom stereocenters. The number of rotatable bonds is 7. The van der Waals surface area contributed by atoms with E-state index in [1.165, 1.54) is 5.56 Å². The maximum Gasteiger partial charge on any atom is 0.0672 e. The number of halogens is 1. The summed E-state index contributed by atoms with van der Waals surface area (Å²) in [5.41, 5.74) is 2.34. The van der Waals surface area contributed by atoms with Gasteiger partial charge in [0.15, 0.2) is 0 Å². The fourth-order valence-corrected chi connectivity index (χ4v) is 1.49. The summed E-state index contributed by atoms with van der Waals surface area (Å²) in [4.78, 5) is 0. The third-order valence-corrected chi connectivity index (χ3v) is 2.54. The standard InChI is InChI=1S/C13H18BrNO/c1-11(2)10-16-8-7-15-9-12-3-5-13(14)6-4-12/h3-6,15H,1,7-10H2,2H3. The predicted octanol–water partition coefficient (Wildman–Crippen LogP) is 3.13. The van der Waals surface area contributed by atoms with E-state index < -0.39 is 0 Å². The van der Waals surface area contributed by atoms with Crippen LogP contribution in [0.4, 0.5) is 0 Å². The second-order valence-electron chi connectivity index (χ2n) is 3.81. The van der Waals surface area contributed by atoms with Crippen molar-refractivity contribution in [2.24, 2.45) is 0 Å². The van der Waals surface area contributed by atoms with Gasteiger partial charge in [0, 0.05) is 17.6 Å². The Kier molecular flexibility index (Phi) is 6.38. The third kappa shape index (κ3) is 6.05. The van der Waals surface area contributed by atoms with Crippen LogP contribution in [0.3, 0.4) is 0 Å². The molecule has 88 valence electrons. The fourth-order valence-electron chi connectivity index (χ4n) is 1.23. The molecule has 0 saturated carbocycles. The summed E-state index contributed by atoms with van der Waals surface area (Å²) in [6.45, 7) is 8.87. The molecular weight excluding hydrogens is 266 g/mol. The van der Waals surface area contributed by atoms with E-state index in [1.54, 1.807) is 0 Å². The summed E-state index contributed by atoms with van der Waals surface area (Å²) in [6, 6.07) is 8.31. The smallest absolute Gasteiger partial charge is 0.0672 e. The van der Waals surface area contributed by atoms with E-state index in [9.17, 15) is 0 Å². The molecule has 1 aromatic carbocycles. The number of nitrogens with one attached hydrogen (secondary N) is 1. The van der Waals surface area contributed by atoms with Crippen molar-refractivity contribution in [2.45, 2.75) is 13.5 Å². The lowest BCUT2D eigenvalue weighted by atomic mass is 10.2. The van der Waals surface area contributed by atoms with Crippen LogP contribution < -0.4 is 5.32 Å². The quantitative estimate of drug-likeness (QED) is 0.613. The molecule has 1 rings (SSSR count). The summed E-state index contributed by atoms with van der Waals surface area (Å²) in [5, 5.41) is 3.32. The summed E-state index contributed by atoms with van der Waals surface area (Å²) in [6.07, 6.45) is 0. The van der Waals surface area contributed by atoms with Crippen LogP contribution in [0.15, 0.2) is 40.9 Å². The molecule has 0 fully saturated rings. The van der Waals surface area contributed by atoms with E-state index in [4.69, 9.17) is 4.74 Å². The highest BCUT2D eigenvalue weighted by molar-refractivity contribution is 9.10. The van der Waals surface area contributed by atoms with Crippen LogP contribution >= 0.6 is 15.9 Å². The van der Waals surface area contributed by atoms with Crippen LogP contribution in [0.2, 0.25) is 0 Å². The highest BCUT2D eigenvalue weighted by atomic mass is 79.9. The Labute approximate surface area is 106 Å². The van der Waals surface area contributed by atoms with E-state index in [0.717, 1.165) is 29.7 Å². The number of benzene rings is 1. The molecule has 2 nitrogen and oxygen atoms in total. The number of hydrogen-bond donors (Lipinski definition) is 1. The Balaban J connectivity index is 2.07. The van der Waals surface area contributed by atoms with E-state index in [-0.39, 0.29) is 0 Å². The first-order chi connectivity index (χ1) is 7.68. The van der Waals surface area contributed by atoms with Crippen LogP contribution in [0.25, 0.3) is 0 Å². The molecule has 0 aliphatic heterocycles. The van der Waals surface area contributed by atoms with Crippen molar-refractivity contribution in [2.75, 3.05) is 19.8 Å². The zero-order chi connectivity index (χ0) is 11.8. The van der Waals surface area contributed by atoms with Crippen molar-refractivity contribution >= 4 is 15.9 Å². The van der Waals surface area contributed by atoms with Gasteiger partial charge in [-0.3, -0.25) is 0 Å². The maximum absolute atomic E-state index is 5.38. The molecule has 0 saturated heterocycles. The van der Waals surface area contributed by atoms with Gasteiger partial charge in [0.2, 0.25) is 0 Å². The lowest BCUT2D eigenvalue weighted by Crippen LogP contribution is -2.19. The second kappa shape index (κ2) is 7.60. The predicted molar refractivity (Wildman–Crippen MR) is 71.5 cm³/mol. The fraction of sp³-hybridized carbons (Fsp3) is 0.385. The SMILES string of the molecule is C=C(C)COCCNCc1ccc(Br)cc1. The zero-order valence-corrected chi connectivity index (χ0v) is 11.2. The van der Waals surface area contributed by atoms with Gasteiger partial charge in [-0.2, -0.15) is 0 Å². The number of ether oxygens (including phenoxy) is 1. The van der Waals surface area contributed by atoms with Gasteiger partial charge in [0.05, 0.1) is 13.2 Å². The second-order valence-corrected chi connectivity index (χ2v) is 4.73. The molecule has 0 aliphatic carbocycles. The van der Waals surface area contributed by atoms with Crippen molar-refractivity contribution in [3.8, 4) is 0 Å². The van der Waals surface area contributed by atoms with Crippen molar-refractivity contribution in [3.63, 3.8) is 0 Å². The van der Waals surface area contributed by atoms with Gasteiger partial charge < -0.3 is 10.1 Å². The Bertz CT molecular complexity index is 321. The first kappa shape index (κ1) is 13.4. The van der Waals surface area contributed by atoms with Crippen molar-refractivity contribution < 1.29 is 4.74 Å². The molecular formula is C13H18BrNO. The molecule has 1 N–H and O–H groups in total. The minimum Gasteiger partial charge on any atom is -0.376 e. The van der Waals surface area contributed by atoms with E-state index in [0.29, 0.717) is 6.61 Å². The molecule has 0 aliphatic rings. The molecule has 0 spiro atoms. The Morgan fingerprint density at radius 2 is 2.06 bits per heavy atom. The van der Waals surface area contributed by atoms with E-state index in [1.807, 2.05) is 6.92 Å². The van der Waals surface area contributed by atoms with Gasteiger partial charge in [-0.1, -0.05) is 40.2 Å². The minimum atomic E-state index is 0.653. The van der Waals surface area contributed by atoms with Crippen LogP contribution in [-0.2, 0) is 11.3 Å². The van der Waals surface area contributed by atoms with Crippen LogP contribution in [0, 0.1) is 0 Å². The summed E-state index contributed by atoms with van der Waals surface area (Å²) >= 11 is 3.41. The average molecular weight is 284 g/mol. The van der Waals surface area contributed by atoms with Gasteiger partial charge in [0.25, 0.3) is 0 Å². The normalized spacial score (nSPS) is 10.4. The molecule has 0 aromatic heterocycles. The summed E-state index contributed by atoms with van der Waals surface area (Å²) in [5.74, 6) is 0. The maximum atomic E-state index is 5.38. The van der Waals surface area contributed by atoms with Crippen molar-refractivity contribution in [1.82, 2.24) is 5.32 Å². The van der Waals surface area contributed by atoms with Crippen LogP contribution in [-0.4, -0.2) is 19.8 Å². The Hall–Kier alpha value is -0.640. The summed E-state index contributed by atoms with van der Waals surface area (Å²) in [7, 11) is 0. The minimum absolute atomic E-state index is 0.653. The van der Waals surface area contributed by atoms with Gasteiger partial charge >= 0.3 is 0 Å². The highest BCUT2D eigenvalue weighted by Crippen LogP contribution is 2.09. The molecule has 0 amide bonds. The molecule has 16 heavy (non-hydrogen) atoms. The lowest BCUT2D eigenvalue weighted by Gasteiger charge is -2.06. The largest absolute Gasteiger partial charge is 0.376 e. The van der Waals surface area contributed by atoms with E-state index in [2.05, 4.69) is 52.1 Å². The highest BCUT2D eigenvalue weighted by Gasteiger charge is 1.93. The van der Waals surface area contributed by atoms with Crippen molar-refractivity contribution in [3.05, 3.63) is 46.5 Å². The molecule has 1 aromatic rings. The van der Waals surface area contributed by atoms with Crippen LogP contribution in [0.1, 0.15) is 12.5 Å². The molecule has 0 bridgehead atoms. The van der Waals surface area contributed by atoms with Gasteiger partial charge in [-0.05, 0) is 24.6 Å². The summed E-state index contributed by atoms with van der Waals surface area (Å²) < 4.78 is 6.49. The third-order valence-electron chi connectivity index (χ3n) is 2.01. The number of hydrogen-bond acceptors (Lipinski definition) is 2. The zero-order valence-electron chi connectivity index (χ0n) is 9.63. The molecule has 0 radical (unpaired) electrons. The monoisotopic (exact) mass is 283 g/mol. The lowest BCUT2D eigenvalue weighted by molar-refractivity contribution is 0.158. The molecule has 3 heteroatoms. The van der Waals surface area contributed by atoms with Crippen molar-refractivity contribution in [1.29, 1.82) is 0 Å². The molecule has 0 heterocycles. The van der Waals surface area contributed by atoms with E-state index >= 15 is 0 Å². The first-order valence-electron chi connectivity index (χ1n) is 5.36. The Morgan fingerprint density at radius 1 is 1.38 bits per heavy atom. The van der Waals surface area contributed by atoms with Gasteiger partial charge in [-0.15, -0.1) is 0 Å². The average Bonchev–Trinajstić information content (AvgIpc) is 2.25. The first-order valence-corrected chi connectivity index (χ1v) is 6.15. The van der Waals surface area contributed by atoms with Gasteiger partial charge in [-0.25, -0.2) is 0 Å². The molecule has 0 unspecified atom stereocenters.